The second-order valence-electron chi connectivity index (χ2n) is 7.87. The maximum Gasteiger partial charge on any atom is 0.490 e. The Morgan fingerprint density at radius 3 is 1.86 bits per heavy atom. The minimum absolute atomic E-state index is 0.00563. The molecule has 1 aromatic heterocycles. The van der Waals surface area contributed by atoms with Crippen LogP contribution in [-0.4, -0.2) is 87.7 Å². The van der Waals surface area contributed by atoms with Crippen molar-refractivity contribution in [1.29, 1.82) is 0 Å². The number of rotatable bonds is 2. The number of anilines is 1. The number of amides is 1. The number of hydrogen-bond acceptors (Lipinski definition) is 8. The molecule has 3 aliphatic rings. The third-order valence-corrected chi connectivity index (χ3v) is 5.21. The number of carboxylic acid groups (broad SMARTS) is 2. The lowest BCUT2D eigenvalue weighted by Gasteiger charge is -2.34. The molecule has 4 rings (SSSR count). The van der Waals surface area contributed by atoms with E-state index in [-0.39, 0.29) is 18.2 Å². The van der Waals surface area contributed by atoms with Crippen LogP contribution in [0.1, 0.15) is 36.5 Å². The maximum absolute atomic E-state index is 12.4. The van der Waals surface area contributed by atoms with Gasteiger partial charge in [0.1, 0.15) is 17.7 Å². The second-order valence-corrected chi connectivity index (χ2v) is 7.87. The van der Waals surface area contributed by atoms with Gasteiger partial charge in [0.05, 0.1) is 18.3 Å². The Labute approximate surface area is 200 Å². The maximum atomic E-state index is 12.4. The van der Waals surface area contributed by atoms with Crippen molar-refractivity contribution in [1.82, 2.24) is 20.2 Å². The predicted molar refractivity (Wildman–Crippen MR) is 108 cm³/mol. The Balaban J connectivity index is 0.000000271. The van der Waals surface area contributed by atoms with Gasteiger partial charge in [-0.15, -0.1) is 0 Å². The van der Waals surface area contributed by atoms with Gasteiger partial charge in [-0.05, 0) is 20.3 Å². The molecule has 0 aliphatic carbocycles. The fraction of sp³-hybridized carbons (Fsp3) is 0.632. The summed E-state index contributed by atoms with van der Waals surface area (Å²) in [5.41, 5.74) is 2.06. The Morgan fingerprint density at radius 2 is 1.50 bits per heavy atom. The molecule has 0 bridgehead atoms. The van der Waals surface area contributed by atoms with E-state index < -0.39 is 24.3 Å². The summed E-state index contributed by atoms with van der Waals surface area (Å²) in [6.07, 6.45) is -9.21. The summed E-state index contributed by atoms with van der Waals surface area (Å²) in [6.45, 7) is 8.03. The van der Waals surface area contributed by atoms with Gasteiger partial charge in [-0.1, -0.05) is 0 Å². The Bertz CT molecular complexity index is 957. The lowest BCUT2D eigenvalue weighted by molar-refractivity contribution is -0.193. The van der Waals surface area contributed by atoms with Crippen LogP contribution in [0.3, 0.4) is 0 Å². The normalized spacial score (nSPS) is 18.9. The zero-order chi connectivity index (χ0) is 27.4. The highest BCUT2D eigenvalue weighted by molar-refractivity contribution is 5.73. The fourth-order valence-electron chi connectivity index (χ4n) is 3.17. The standard InChI is InChI=1S/C15H21N5O2.2C2HF3O2/c1-9-13-12(8-20(9)15(21)22-11-6-16-7-11)17-10(2)18-14(13)19-4-3-5-19;2*3-2(4,5)1(6)7/h9,11,16H,3-8H2,1-2H3;2*(H,6,7)/t9-;;/m1../s1. The van der Waals surface area contributed by atoms with Gasteiger partial charge in [0, 0.05) is 31.7 Å². The highest BCUT2D eigenvalue weighted by atomic mass is 19.4. The van der Waals surface area contributed by atoms with E-state index in [0.717, 1.165) is 49.1 Å². The fourth-order valence-corrected chi connectivity index (χ4v) is 3.17. The van der Waals surface area contributed by atoms with Crippen LogP contribution >= 0.6 is 0 Å². The van der Waals surface area contributed by atoms with E-state index in [1.807, 2.05) is 13.8 Å². The number of alkyl halides is 6. The van der Waals surface area contributed by atoms with Gasteiger partial charge in [0.15, 0.2) is 0 Å². The first-order valence-electron chi connectivity index (χ1n) is 10.4. The van der Waals surface area contributed by atoms with E-state index in [4.69, 9.17) is 24.5 Å². The molecular formula is C19H23F6N5O6. The van der Waals surface area contributed by atoms with E-state index in [1.54, 1.807) is 4.90 Å². The van der Waals surface area contributed by atoms with Crippen molar-refractivity contribution in [2.45, 2.75) is 51.3 Å². The zero-order valence-electron chi connectivity index (χ0n) is 19.0. The second kappa shape index (κ2) is 11.1. The average Bonchev–Trinajstić information content (AvgIpc) is 2.99. The van der Waals surface area contributed by atoms with E-state index in [0.29, 0.717) is 6.54 Å². The molecule has 0 radical (unpaired) electrons. The molecule has 2 saturated heterocycles. The molecule has 1 aromatic rings. The smallest absolute Gasteiger partial charge is 0.475 e. The van der Waals surface area contributed by atoms with Crippen LogP contribution in [0.15, 0.2) is 0 Å². The van der Waals surface area contributed by atoms with Crippen LogP contribution in [0.25, 0.3) is 0 Å². The number of carbonyl (C=O) groups is 3. The number of hydrogen-bond donors (Lipinski definition) is 3. The van der Waals surface area contributed by atoms with Gasteiger partial charge >= 0.3 is 30.4 Å². The molecule has 36 heavy (non-hydrogen) atoms. The molecule has 17 heteroatoms. The van der Waals surface area contributed by atoms with Gasteiger partial charge < -0.3 is 25.2 Å². The van der Waals surface area contributed by atoms with Crippen LogP contribution in [0, 0.1) is 6.92 Å². The van der Waals surface area contributed by atoms with Crippen molar-refractivity contribution < 1.29 is 55.7 Å². The van der Waals surface area contributed by atoms with E-state index in [2.05, 4.69) is 20.2 Å². The Kier molecular flexibility index (Phi) is 8.93. The average molecular weight is 531 g/mol. The number of nitrogens with one attached hydrogen (secondary N) is 1. The molecular weight excluding hydrogens is 508 g/mol. The number of nitrogens with zero attached hydrogens (tertiary/aromatic N) is 4. The van der Waals surface area contributed by atoms with E-state index in [1.165, 1.54) is 6.42 Å². The summed E-state index contributed by atoms with van der Waals surface area (Å²) in [6, 6.07) is -0.0354. The summed E-state index contributed by atoms with van der Waals surface area (Å²) >= 11 is 0. The summed E-state index contributed by atoms with van der Waals surface area (Å²) in [4.78, 5) is 43.4. The third kappa shape index (κ3) is 7.32. The van der Waals surface area contributed by atoms with E-state index >= 15 is 0 Å². The van der Waals surface area contributed by atoms with Crippen LogP contribution in [0.2, 0.25) is 0 Å². The molecule has 3 N–H and O–H groups in total. The van der Waals surface area contributed by atoms with Crippen molar-refractivity contribution >= 4 is 23.8 Å². The van der Waals surface area contributed by atoms with Crippen molar-refractivity contribution in [3.63, 3.8) is 0 Å². The van der Waals surface area contributed by atoms with Crippen LogP contribution in [0.5, 0.6) is 0 Å². The Hall–Kier alpha value is -3.37. The van der Waals surface area contributed by atoms with Crippen molar-refractivity contribution in [3.05, 3.63) is 17.1 Å². The van der Waals surface area contributed by atoms with Crippen molar-refractivity contribution in [2.24, 2.45) is 0 Å². The summed E-state index contributed by atoms with van der Waals surface area (Å²) in [5, 5.41) is 17.4. The first kappa shape index (κ1) is 28.9. The van der Waals surface area contributed by atoms with E-state index in [9.17, 15) is 31.1 Å². The molecule has 1 amide bonds. The van der Waals surface area contributed by atoms with Crippen molar-refractivity contribution in [3.8, 4) is 0 Å². The molecule has 3 aliphatic heterocycles. The topological polar surface area (TPSA) is 145 Å². The number of carboxylic acids is 2. The number of fused-ring (bicyclic) bond motifs is 1. The number of halogens is 6. The predicted octanol–water partition coefficient (Wildman–Crippen LogP) is 2.25. The molecule has 2 fully saturated rings. The minimum atomic E-state index is -5.08. The number of aryl methyl sites for hydroxylation is 1. The van der Waals surface area contributed by atoms with Gasteiger partial charge in [0.2, 0.25) is 0 Å². The van der Waals surface area contributed by atoms with Crippen LogP contribution in [-0.2, 0) is 20.9 Å². The SMILES string of the molecule is Cc1nc2c(c(N3CCC3)n1)[C@@H](C)N(C(=O)OC1CNC1)C2.O=C(O)C(F)(F)F.O=C(O)C(F)(F)F. The highest BCUT2D eigenvalue weighted by Crippen LogP contribution is 2.39. The third-order valence-electron chi connectivity index (χ3n) is 5.21. The zero-order valence-corrected chi connectivity index (χ0v) is 19.0. The molecule has 4 heterocycles. The number of ether oxygens (including phenoxy) is 1. The van der Waals surface area contributed by atoms with Crippen LogP contribution < -0.4 is 10.2 Å². The summed E-state index contributed by atoms with van der Waals surface area (Å²) < 4.78 is 69.0. The number of carbonyl (C=O) groups excluding carboxylic acids is 1. The summed E-state index contributed by atoms with van der Waals surface area (Å²) in [7, 11) is 0. The summed E-state index contributed by atoms with van der Waals surface area (Å²) in [5.74, 6) is -3.74. The highest BCUT2D eigenvalue weighted by Gasteiger charge is 2.40. The quantitative estimate of drug-likeness (QED) is 0.486. The first-order valence-corrected chi connectivity index (χ1v) is 10.4. The number of aromatic nitrogens is 2. The Morgan fingerprint density at radius 1 is 1.00 bits per heavy atom. The van der Waals surface area contributed by atoms with Gasteiger partial charge in [-0.3, -0.25) is 4.90 Å². The monoisotopic (exact) mass is 531 g/mol. The lowest BCUT2D eigenvalue weighted by Crippen LogP contribution is -2.50. The largest absolute Gasteiger partial charge is 0.490 e. The molecule has 0 aromatic carbocycles. The molecule has 202 valence electrons. The first-order chi connectivity index (χ1) is 16.5. The van der Waals surface area contributed by atoms with Crippen molar-refractivity contribution in [2.75, 3.05) is 31.1 Å². The lowest BCUT2D eigenvalue weighted by atomic mass is 10.1. The van der Waals surface area contributed by atoms with Gasteiger partial charge in [-0.2, -0.15) is 26.3 Å². The molecule has 0 spiro atoms. The number of aliphatic carboxylic acids is 2. The molecule has 0 unspecified atom stereocenters. The molecule has 1 atom stereocenters. The van der Waals surface area contributed by atoms with Gasteiger partial charge in [0.25, 0.3) is 0 Å². The van der Waals surface area contributed by atoms with Gasteiger partial charge in [-0.25, -0.2) is 24.4 Å². The molecule has 0 saturated carbocycles. The minimum Gasteiger partial charge on any atom is -0.475 e. The van der Waals surface area contributed by atoms with Crippen LogP contribution in [0.4, 0.5) is 37.0 Å². The molecule has 11 nitrogen and oxygen atoms in total.